The predicted octanol–water partition coefficient (Wildman–Crippen LogP) is 14.6. The maximum atomic E-state index is 11.8. The van der Waals surface area contributed by atoms with Crippen LogP contribution in [0.5, 0.6) is 5.75 Å². The largest absolute Gasteiger partial charge is 0.507 e. The second-order valence-corrected chi connectivity index (χ2v) is 17.9. The maximum Gasteiger partial charge on any atom is 0.148 e. The third kappa shape index (κ3) is 8.28. The van der Waals surface area contributed by atoms with E-state index in [-0.39, 0.29) is 55.3 Å². The van der Waals surface area contributed by atoms with Crippen LogP contribution in [-0.4, -0.2) is 19.6 Å². The van der Waals surface area contributed by atoms with E-state index in [2.05, 4.69) is 94.6 Å². The minimum Gasteiger partial charge on any atom is -0.507 e. The first-order valence-corrected chi connectivity index (χ1v) is 20.1. The molecule has 306 valence electrons. The van der Waals surface area contributed by atoms with E-state index in [1.165, 1.54) is 5.56 Å². The Morgan fingerprint density at radius 1 is 0.700 bits per heavy atom. The quantitative estimate of drug-likeness (QED) is 0.162. The number of fused-ring (bicyclic) bond motifs is 1. The first kappa shape index (κ1) is 35.2. The summed E-state index contributed by atoms with van der Waals surface area (Å²) in [6, 6.07) is 34.3. The minimum atomic E-state index is -0.869. The molecular weight excluding hydrogens is 914 g/mol. The van der Waals surface area contributed by atoms with Gasteiger partial charge in [-0.1, -0.05) is 151 Å². The summed E-state index contributed by atoms with van der Waals surface area (Å²) in [6.07, 6.45) is 1.59. The van der Waals surface area contributed by atoms with Crippen LogP contribution in [0.15, 0.2) is 133 Å². The van der Waals surface area contributed by atoms with E-state index in [4.69, 9.17) is 18.2 Å². The standard InChI is InChI=1S/C55H54N3O.Pt/c1-34(2)39-21-24-49(46(32-39)38-19-22-43(23-20-38)54(5,6)7)58-50-18-14-17-45(51(50)57-53(58)47-28-35(3)27-36(4)52(47)59)41-29-42(31-44(30-41)55(8,9)10)48-33-40(25-26-56-48)37-15-12-11-13-16-37;/h11-28,30-34,59H,1-10H3;/q-1;/i11D,12D,13D,15D,16D,34D;. The number of hydrogen-bond donors (Lipinski definition) is 1. The van der Waals surface area contributed by atoms with Gasteiger partial charge in [-0.15, -0.1) is 29.3 Å². The van der Waals surface area contributed by atoms with Gasteiger partial charge in [-0.2, -0.15) is 0 Å². The van der Waals surface area contributed by atoms with E-state index in [0.717, 1.165) is 55.7 Å². The molecule has 4 nitrogen and oxygen atoms in total. The average molecular weight is 974 g/mol. The van der Waals surface area contributed by atoms with Gasteiger partial charge in [0.25, 0.3) is 0 Å². The molecule has 0 aliphatic rings. The minimum absolute atomic E-state index is 0. The summed E-state index contributed by atoms with van der Waals surface area (Å²) < 4.78 is 53.2. The molecule has 0 saturated heterocycles. The van der Waals surface area contributed by atoms with Crippen LogP contribution < -0.4 is 0 Å². The third-order valence-electron chi connectivity index (χ3n) is 11.1. The number of aromatic hydroxyl groups is 1. The zero-order valence-electron chi connectivity index (χ0n) is 41.9. The summed E-state index contributed by atoms with van der Waals surface area (Å²) in [6.45, 7) is 20.7. The molecule has 0 radical (unpaired) electrons. The second-order valence-electron chi connectivity index (χ2n) is 17.9. The molecule has 0 saturated carbocycles. The van der Waals surface area contributed by atoms with Crippen molar-refractivity contribution in [1.29, 1.82) is 0 Å². The van der Waals surface area contributed by atoms with Crippen LogP contribution in [0.25, 0.3) is 72.7 Å². The monoisotopic (exact) mass is 973 g/mol. The van der Waals surface area contributed by atoms with Crippen molar-refractivity contribution in [3.05, 3.63) is 167 Å². The van der Waals surface area contributed by atoms with Crippen LogP contribution in [-0.2, 0) is 31.9 Å². The molecule has 0 aliphatic carbocycles. The molecule has 0 atom stereocenters. The van der Waals surface area contributed by atoms with E-state index in [0.29, 0.717) is 33.7 Å². The number of phenols is 1. The van der Waals surface area contributed by atoms with Crippen molar-refractivity contribution < 1.29 is 34.4 Å². The number of phenolic OH excluding ortho intramolecular Hbond substituents is 1. The number of hydrogen-bond acceptors (Lipinski definition) is 3. The van der Waals surface area contributed by atoms with E-state index >= 15 is 0 Å². The first-order chi connectivity index (χ1) is 30.4. The van der Waals surface area contributed by atoms with Crippen molar-refractivity contribution >= 4 is 11.0 Å². The van der Waals surface area contributed by atoms with Crippen LogP contribution in [0.2, 0.25) is 0 Å². The fourth-order valence-electron chi connectivity index (χ4n) is 7.71. The first-order valence-electron chi connectivity index (χ1n) is 23.1. The Kier molecular flexibility index (Phi) is 9.67. The molecule has 8 rings (SSSR count). The van der Waals surface area contributed by atoms with Gasteiger partial charge in [-0.25, -0.2) is 4.98 Å². The Hall–Kier alpha value is -5.57. The molecule has 2 aromatic heterocycles. The fourth-order valence-corrected chi connectivity index (χ4v) is 7.71. The zero-order chi connectivity index (χ0) is 47.1. The van der Waals surface area contributed by atoms with Gasteiger partial charge in [-0.05, 0) is 99.8 Å². The molecule has 0 aliphatic heterocycles. The molecule has 5 heteroatoms. The smallest absolute Gasteiger partial charge is 0.148 e. The Morgan fingerprint density at radius 2 is 1.40 bits per heavy atom. The number of benzene rings is 6. The summed E-state index contributed by atoms with van der Waals surface area (Å²) in [5.74, 6) is -0.170. The molecule has 0 spiro atoms. The van der Waals surface area contributed by atoms with Crippen molar-refractivity contribution in [3.63, 3.8) is 0 Å². The van der Waals surface area contributed by atoms with Gasteiger partial charge in [0.1, 0.15) is 11.6 Å². The molecule has 0 unspecified atom stereocenters. The third-order valence-corrected chi connectivity index (χ3v) is 11.1. The van der Waals surface area contributed by atoms with Crippen molar-refractivity contribution in [1.82, 2.24) is 14.5 Å². The van der Waals surface area contributed by atoms with Gasteiger partial charge in [-0.3, -0.25) is 9.55 Å². The van der Waals surface area contributed by atoms with Gasteiger partial charge in [0.05, 0.1) is 29.1 Å². The molecule has 0 fully saturated rings. The molecule has 0 amide bonds. The summed E-state index contributed by atoms with van der Waals surface area (Å²) in [5, 5.41) is 11.8. The van der Waals surface area contributed by atoms with E-state index < -0.39 is 24.0 Å². The van der Waals surface area contributed by atoms with E-state index in [1.54, 1.807) is 18.3 Å². The van der Waals surface area contributed by atoms with Crippen molar-refractivity contribution in [3.8, 4) is 67.5 Å². The Labute approximate surface area is 379 Å². The molecule has 0 bridgehead atoms. The summed E-state index contributed by atoms with van der Waals surface area (Å²) >= 11 is 0. The number of nitrogens with zero attached hydrogens (tertiary/aromatic N) is 3. The number of imidazole rings is 1. The summed E-state index contributed by atoms with van der Waals surface area (Å²) in [4.78, 5) is 10.2. The zero-order valence-corrected chi connectivity index (χ0v) is 38.2. The predicted molar refractivity (Wildman–Crippen MR) is 248 cm³/mol. The van der Waals surface area contributed by atoms with Crippen LogP contribution in [0, 0.1) is 19.9 Å². The van der Waals surface area contributed by atoms with Crippen LogP contribution in [0.1, 0.15) is 97.3 Å². The molecule has 60 heavy (non-hydrogen) atoms. The van der Waals surface area contributed by atoms with Crippen LogP contribution >= 0.6 is 0 Å². The van der Waals surface area contributed by atoms with Gasteiger partial charge in [0, 0.05) is 39.9 Å². The van der Waals surface area contributed by atoms with Gasteiger partial charge in [0.15, 0.2) is 0 Å². The number of aryl methyl sites for hydroxylation is 2. The van der Waals surface area contributed by atoms with Crippen molar-refractivity contribution in [2.75, 3.05) is 0 Å². The average Bonchev–Trinajstić information content (AvgIpc) is 3.64. The topological polar surface area (TPSA) is 50.9 Å². The maximum absolute atomic E-state index is 11.8. The molecular formula is C55H54N3OPt-. The number of para-hydroxylation sites is 1. The molecule has 1 N–H and O–H groups in total. The van der Waals surface area contributed by atoms with Gasteiger partial charge >= 0.3 is 0 Å². The SMILES string of the molecule is [2H]c1c([2H])c([2H])c(-c2ccnc(-c3[c-]c(-c4cccc5c4nc(-c4cc(C)cc(C)c4O)n5-c4ccc(C([2H])(C)C)cc4-c4ccc(C(C)(C)C)cc4)cc(C(C)(C)C)c3)c2)c([2H])c1[2H].[Pt]. The van der Waals surface area contributed by atoms with E-state index in [1.807, 2.05) is 70.2 Å². The van der Waals surface area contributed by atoms with Crippen molar-refractivity contribution in [2.24, 2.45) is 0 Å². The number of aromatic nitrogens is 3. The molecule has 8 aromatic rings. The van der Waals surface area contributed by atoms with Gasteiger partial charge in [0.2, 0.25) is 0 Å². The Balaban J connectivity index is 0.00000648. The molecule has 6 aromatic carbocycles. The van der Waals surface area contributed by atoms with E-state index in [9.17, 15) is 5.11 Å². The summed E-state index contributed by atoms with van der Waals surface area (Å²) in [5.41, 5.74) is 12.6. The number of pyridine rings is 1. The Morgan fingerprint density at radius 3 is 2.08 bits per heavy atom. The molecule has 2 heterocycles. The number of rotatable bonds is 7. The van der Waals surface area contributed by atoms with Gasteiger partial charge < -0.3 is 5.11 Å². The summed E-state index contributed by atoms with van der Waals surface area (Å²) in [7, 11) is 0. The second kappa shape index (κ2) is 16.5. The Bertz CT molecular complexity index is 3160. The fraction of sp³-hybridized carbons (Fsp3) is 0.236. The normalized spacial score (nSPS) is 13.5. The van der Waals surface area contributed by atoms with Crippen LogP contribution in [0.4, 0.5) is 0 Å². The van der Waals surface area contributed by atoms with Crippen molar-refractivity contribution in [2.45, 2.75) is 86.0 Å². The van der Waals surface area contributed by atoms with Crippen LogP contribution in [0.3, 0.4) is 0 Å².